The summed E-state index contributed by atoms with van der Waals surface area (Å²) in [4.78, 5) is 18.8. The molecule has 3 aromatic carbocycles. The van der Waals surface area contributed by atoms with Crippen LogP contribution in [-0.4, -0.2) is 47.6 Å². The second kappa shape index (κ2) is 10.4. The minimum absolute atomic E-state index is 0.128. The van der Waals surface area contributed by atoms with Crippen molar-refractivity contribution in [3.05, 3.63) is 93.6 Å². The molecule has 0 aliphatic carbocycles. The highest BCUT2D eigenvalue weighted by Gasteiger charge is 2.36. The van der Waals surface area contributed by atoms with Gasteiger partial charge in [0.2, 0.25) is 0 Å². The van der Waals surface area contributed by atoms with Crippen LogP contribution in [0.25, 0.3) is 10.9 Å². The number of benzene rings is 3. The predicted octanol–water partition coefficient (Wildman–Crippen LogP) is 7.15. The number of amides is 1. The van der Waals surface area contributed by atoms with Crippen molar-refractivity contribution in [2.45, 2.75) is 38.2 Å². The number of carbonyl (C=O) groups excluding carboxylic acids is 1. The molecule has 7 nitrogen and oxygen atoms in total. The third-order valence-corrected chi connectivity index (χ3v) is 7.53. The zero-order chi connectivity index (χ0) is 27.1. The van der Waals surface area contributed by atoms with Gasteiger partial charge in [-0.1, -0.05) is 35.3 Å². The largest absolute Gasteiger partial charge is 0.491 e. The number of nitrogens with zero attached hydrogens (tertiary/aromatic N) is 1. The van der Waals surface area contributed by atoms with Gasteiger partial charge in [-0.25, -0.2) is 4.79 Å². The highest BCUT2D eigenvalue weighted by atomic mass is 35.5. The van der Waals surface area contributed by atoms with E-state index >= 15 is 0 Å². The van der Waals surface area contributed by atoms with Gasteiger partial charge in [-0.15, -0.1) is 0 Å². The Balaban J connectivity index is 1.29. The fourth-order valence-electron chi connectivity index (χ4n) is 5.25. The maximum atomic E-state index is 13.5. The van der Waals surface area contributed by atoms with Crippen molar-refractivity contribution >= 4 is 40.2 Å². The minimum atomic E-state index is -0.593. The Morgan fingerprint density at radius 3 is 2.46 bits per heavy atom. The number of hydrogen-bond donors (Lipinski definition) is 1. The van der Waals surface area contributed by atoms with Gasteiger partial charge in [0, 0.05) is 33.2 Å². The van der Waals surface area contributed by atoms with E-state index in [0.29, 0.717) is 47.7 Å². The molecule has 0 bridgehead atoms. The zero-order valence-corrected chi connectivity index (χ0v) is 23.1. The van der Waals surface area contributed by atoms with E-state index in [0.717, 1.165) is 27.7 Å². The molecule has 1 saturated heterocycles. The Hall–Kier alpha value is -3.23. The molecule has 2 aliphatic heterocycles. The number of carbonyl (C=O) groups is 1. The van der Waals surface area contributed by atoms with E-state index in [9.17, 15) is 4.79 Å². The second-order valence-electron chi connectivity index (χ2n) is 10.2. The van der Waals surface area contributed by atoms with Crippen LogP contribution in [0.3, 0.4) is 0 Å². The van der Waals surface area contributed by atoms with Crippen LogP contribution in [0.4, 0.5) is 4.79 Å². The Labute approximate surface area is 236 Å². The topological polar surface area (TPSA) is 73.0 Å². The Kier molecular flexibility index (Phi) is 6.93. The Morgan fingerprint density at radius 2 is 1.74 bits per heavy atom. The van der Waals surface area contributed by atoms with Crippen LogP contribution in [0.1, 0.15) is 36.7 Å². The second-order valence-corrected chi connectivity index (χ2v) is 11.1. The van der Waals surface area contributed by atoms with Gasteiger partial charge in [0.15, 0.2) is 5.79 Å². The molecule has 0 unspecified atom stereocenters. The van der Waals surface area contributed by atoms with Gasteiger partial charge in [0.05, 0.1) is 6.61 Å². The maximum absolute atomic E-state index is 13.5. The lowest BCUT2D eigenvalue weighted by molar-refractivity contribution is -0.141. The lowest BCUT2D eigenvalue weighted by atomic mass is 9.92. The number of nitrogens with one attached hydrogen (secondary N) is 1. The smallest absolute Gasteiger partial charge is 0.416 e. The highest BCUT2D eigenvalue weighted by Crippen LogP contribution is 2.40. The average molecular weight is 567 g/mol. The summed E-state index contributed by atoms with van der Waals surface area (Å²) in [5, 5.41) is 2.31. The van der Waals surface area contributed by atoms with E-state index in [1.54, 1.807) is 29.2 Å². The van der Waals surface area contributed by atoms with Gasteiger partial charge >= 0.3 is 6.09 Å². The zero-order valence-electron chi connectivity index (χ0n) is 21.6. The molecule has 0 spiro atoms. The third-order valence-electron chi connectivity index (χ3n) is 7.04. The minimum Gasteiger partial charge on any atom is -0.491 e. The maximum Gasteiger partial charge on any atom is 0.416 e. The van der Waals surface area contributed by atoms with Crippen LogP contribution >= 0.6 is 23.2 Å². The highest BCUT2D eigenvalue weighted by molar-refractivity contribution is 6.31. The van der Waals surface area contributed by atoms with E-state index < -0.39 is 11.9 Å². The summed E-state index contributed by atoms with van der Waals surface area (Å²) >= 11 is 12.3. The molecule has 0 radical (unpaired) electrons. The molecular formula is C30H28Cl2N2O5. The first-order chi connectivity index (χ1) is 18.8. The van der Waals surface area contributed by atoms with Crippen LogP contribution in [0, 0.1) is 0 Å². The quantitative estimate of drug-likeness (QED) is 0.277. The predicted molar refractivity (Wildman–Crippen MR) is 150 cm³/mol. The third kappa shape index (κ3) is 5.45. The molecule has 6 rings (SSSR count). The molecule has 4 aromatic rings. The van der Waals surface area contributed by atoms with Crippen molar-refractivity contribution in [2.75, 3.05) is 19.8 Å². The number of halogens is 2. The van der Waals surface area contributed by atoms with E-state index in [1.807, 2.05) is 56.3 Å². The normalized spacial score (nSPS) is 20.2. The summed E-state index contributed by atoms with van der Waals surface area (Å²) in [5.74, 6) is 0.550. The van der Waals surface area contributed by atoms with Crippen molar-refractivity contribution < 1.29 is 23.7 Å². The fraction of sp³-hybridized carbons (Fsp3) is 0.300. The molecule has 1 fully saturated rings. The average Bonchev–Trinajstić information content (AvgIpc) is 3.47. The van der Waals surface area contributed by atoms with Gasteiger partial charge in [-0.3, -0.25) is 4.90 Å². The number of hydrogen-bond acceptors (Lipinski definition) is 5. The van der Waals surface area contributed by atoms with Crippen LogP contribution in [0.15, 0.2) is 66.7 Å². The summed E-state index contributed by atoms with van der Waals surface area (Å²) < 4.78 is 23.2. The molecule has 1 amide bonds. The number of aromatic amines is 1. The van der Waals surface area contributed by atoms with Crippen molar-refractivity contribution in [1.29, 1.82) is 0 Å². The van der Waals surface area contributed by atoms with Crippen LogP contribution in [0.2, 0.25) is 10.0 Å². The lowest BCUT2D eigenvalue weighted by Crippen LogP contribution is -2.42. The molecule has 2 atom stereocenters. The van der Waals surface area contributed by atoms with Gasteiger partial charge in [-0.05, 0) is 86.0 Å². The van der Waals surface area contributed by atoms with Crippen molar-refractivity contribution in [2.24, 2.45) is 0 Å². The molecule has 39 heavy (non-hydrogen) atoms. The number of aromatic nitrogens is 1. The summed E-state index contributed by atoms with van der Waals surface area (Å²) in [6, 6.07) is 19.9. The number of ether oxygens (including phenoxy) is 4. The van der Waals surface area contributed by atoms with Gasteiger partial charge in [-0.2, -0.15) is 0 Å². The van der Waals surface area contributed by atoms with Crippen molar-refractivity contribution in [3.8, 4) is 11.5 Å². The molecule has 3 heterocycles. The standard InChI is InChI=1S/C30H28Cl2N2O5/c1-30(2)37-17-23(39-30)16-36-21-8-3-18(4-9-21)28-27-24(25-15-20(32)7-12-26(25)33-27)13-14-34(28)29(35)38-22-10-5-19(31)6-11-22/h3-12,15,23,28,33H,13-14,16-17H2,1-2H3/t23-,28+/m1/s1. The molecule has 0 saturated carbocycles. The first-order valence-corrected chi connectivity index (χ1v) is 13.6. The van der Waals surface area contributed by atoms with E-state index in [1.165, 1.54) is 0 Å². The van der Waals surface area contributed by atoms with E-state index in [2.05, 4.69) is 4.98 Å². The van der Waals surface area contributed by atoms with Crippen LogP contribution in [-0.2, 0) is 15.9 Å². The molecule has 202 valence electrons. The van der Waals surface area contributed by atoms with Crippen molar-refractivity contribution in [3.63, 3.8) is 0 Å². The van der Waals surface area contributed by atoms with Gasteiger partial charge in [0.1, 0.15) is 30.3 Å². The first kappa shape index (κ1) is 26.0. The summed E-state index contributed by atoms with van der Waals surface area (Å²) in [6.07, 6.45) is 0.103. The molecule has 1 aromatic heterocycles. The van der Waals surface area contributed by atoms with E-state index in [4.69, 9.17) is 42.1 Å². The Morgan fingerprint density at radius 1 is 1.03 bits per heavy atom. The van der Waals surface area contributed by atoms with Gasteiger partial charge < -0.3 is 23.9 Å². The summed E-state index contributed by atoms with van der Waals surface area (Å²) in [5.41, 5.74) is 3.99. The van der Waals surface area contributed by atoms with E-state index in [-0.39, 0.29) is 12.1 Å². The SMILES string of the molecule is CC1(C)OC[C@@H](COc2ccc([C@H]3c4[nH]c5ccc(Cl)cc5c4CCN3C(=O)Oc3ccc(Cl)cc3)cc2)O1. The Bertz CT molecular complexity index is 1500. The molecular weight excluding hydrogens is 539 g/mol. The number of rotatable bonds is 5. The van der Waals surface area contributed by atoms with Crippen molar-refractivity contribution in [1.82, 2.24) is 9.88 Å². The lowest BCUT2D eigenvalue weighted by Gasteiger charge is -2.35. The van der Waals surface area contributed by atoms with Gasteiger partial charge in [0.25, 0.3) is 0 Å². The molecule has 9 heteroatoms. The monoisotopic (exact) mass is 566 g/mol. The summed E-state index contributed by atoms with van der Waals surface area (Å²) in [6.45, 7) is 5.14. The molecule has 1 N–H and O–H groups in total. The van der Waals surface area contributed by atoms with Crippen LogP contribution in [0.5, 0.6) is 11.5 Å². The number of fused-ring (bicyclic) bond motifs is 3. The fourth-order valence-corrected chi connectivity index (χ4v) is 5.54. The first-order valence-electron chi connectivity index (χ1n) is 12.8. The van der Waals surface area contributed by atoms with Crippen LogP contribution < -0.4 is 9.47 Å². The number of H-pyrrole nitrogens is 1. The molecule has 2 aliphatic rings. The summed E-state index contributed by atoms with van der Waals surface area (Å²) in [7, 11) is 0.